The Kier molecular flexibility index (Phi) is 9.35. The van der Waals surface area contributed by atoms with Crippen molar-refractivity contribution in [3.63, 3.8) is 0 Å². The first kappa shape index (κ1) is 32.3. The minimum Gasteiger partial charge on any atom is -0.461 e. The SMILES string of the molecule is C[C@@H]1C(=O)N(C)c2cc(-c3ccncc3)ccc2C(=O)N1Cc1cc(F)cc(C(=O)NCC2CC(OC(=O)C3CCCCN3C)C2)c1. The second-order valence-corrected chi connectivity index (χ2v) is 12.9. The Morgan fingerprint density at radius 2 is 1.77 bits per heavy atom. The van der Waals surface area contributed by atoms with Crippen molar-refractivity contribution in [2.24, 2.45) is 5.92 Å². The number of hydrogen-bond acceptors (Lipinski definition) is 7. The van der Waals surface area contributed by atoms with Gasteiger partial charge in [0.1, 0.15) is 24.0 Å². The van der Waals surface area contributed by atoms with Crippen molar-refractivity contribution >= 4 is 29.4 Å². The van der Waals surface area contributed by atoms with E-state index in [1.165, 1.54) is 15.9 Å². The number of anilines is 1. The highest BCUT2D eigenvalue weighted by Gasteiger charge is 2.37. The molecule has 1 saturated carbocycles. The van der Waals surface area contributed by atoms with Crippen molar-refractivity contribution in [2.45, 2.75) is 63.8 Å². The maximum absolute atomic E-state index is 14.8. The molecule has 2 aromatic carbocycles. The first-order chi connectivity index (χ1) is 22.6. The zero-order chi connectivity index (χ0) is 33.2. The second kappa shape index (κ2) is 13.6. The van der Waals surface area contributed by atoms with Crippen molar-refractivity contribution in [1.29, 1.82) is 0 Å². The largest absolute Gasteiger partial charge is 0.461 e. The highest BCUT2D eigenvalue weighted by atomic mass is 19.1. The Balaban J connectivity index is 1.09. The number of ether oxygens (including phenoxy) is 1. The van der Waals surface area contributed by atoms with Crippen LogP contribution in [0, 0.1) is 11.7 Å². The number of rotatable bonds is 8. The quantitative estimate of drug-likeness (QED) is 0.362. The van der Waals surface area contributed by atoms with Gasteiger partial charge in [0.05, 0.1) is 11.3 Å². The lowest BCUT2D eigenvalue weighted by Gasteiger charge is -2.37. The number of carbonyl (C=O) groups excluding carboxylic acids is 4. The summed E-state index contributed by atoms with van der Waals surface area (Å²) in [5, 5.41) is 2.88. The summed E-state index contributed by atoms with van der Waals surface area (Å²) in [7, 11) is 3.59. The van der Waals surface area contributed by atoms with Gasteiger partial charge in [0.15, 0.2) is 0 Å². The summed E-state index contributed by atoms with van der Waals surface area (Å²) in [5.74, 6) is -1.71. The van der Waals surface area contributed by atoms with Gasteiger partial charge in [-0.15, -0.1) is 0 Å². The molecule has 3 amide bonds. The average Bonchev–Trinajstić information content (AvgIpc) is 3.12. The predicted molar refractivity (Wildman–Crippen MR) is 174 cm³/mol. The Hall–Kier alpha value is -4.64. The van der Waals surface area contributed by atoms with E-state index in [1.54, 1.807) is 38.5 Å². The molecule has 6 rings (SSSR count). The number of amides is 3. The Bertz CT molecular complexity index is 1680. The molecule has 1 aromatic heterocycles. The zero-order valence-electron chi connectivity index (χ0n) is 26.9. The Morgan fingerprint density at radius 1 is 1.00 bits per heavy atom. The van der Waals surface area contributed by atoms with Crippen molar-refractivity contribution in [3.05, 3.63) is 83.4 Å². The van der Waals surface area contributed by atoms with Gasteiger partial charge in [0, 0.05) is 38.1 Å². The molecule has 0 bridgehead atoms. The first-order valence-corrected chi connectivity index (χ1v) is 16.2. The van der Waals surface area contributed by atoms with E-state index >= 15 is 0 Å². The topological polar surface area (TPSA) is 112 Å². The Labute approximate surface area is 273 Å². The van der Waals surface area contributed by atoms with Crippen LogP contribution in [-0.4, -0.2) is 83.8 Å². The van der Waals surface area contributed by atoms with Gasteiger partial charge in [-0.05, 0) is 111 Å². The van der Waals surface area contributed by atoms with Crippen LogP contribution < -0.4 is 10.2 Å². The molecule has 47 heavy (non-hydrogen) atoms. The number of likely N-dealkylation sites (N-methyl/N-ethyl adjacent to an activating group) is 2. The van der Waals surface area contributed by atoms with E-state index in [1.807, 2.05) is 36.2 Å². The molecule has 2 fully saturated rings. The lowest BCUT2D eigenvalue weighted by atomic mass is 9.82. The third kappa shape index (κ3) is 6.90. The van der Waals surface area contributed by atoms with Gasteiger partial charge in [-0.3, -0.25) is 29.1 Å². The molecule has 1 saturated heterocycles. The molecular weight excluding hydrogens is 601 g/mol. The van der Waals surface area contributed by atoms with E-state index in [0.717, 1.165) is 43.0 Å². The molecule has 3 heterocycles. The number of nitrogens with one attached hydrogen (secondary N) is 1. The van der Waals surface area contributed by atoms with Crippen molar-refractivity contribution in [2.75, 3.05) is 32.1 Å². The van der Waals surface area contributed by atoms with Gasteiger partial charge < -0.3 is 19.9 Å². The number of esters is 1. The lowest BCUT2D eigenvalue weighted by molar-refractivity contribution is -0.162. The van der Waals surface area contributed by atoms with Crippen LogP contribution in [0.3, 0.4) is 0 Å². The maximum atomic E-state index is 14.8. The number of hydrogen-bond donors (Lipinski definition) is 1. The first-order valence-electron chi connectivity index (χ1n) is 16.2. The molecule has 246 valence electrons. The van der Waals surface area contributed by atoms with E-state index in [-0.39, 0.29) is 48.0 Å². The molecule has 2 aliphatic heterocycles. The molecule has 1 aliphatic carbocycles. The fourth-order valence-corrected chi connectivity index (χ4v) is 6.75. The van der Waals surface area contributed by atoms with Gasteiger partial charge in [-0.2, -0.15) is 0 Å². The molecule has 3 aliphatic rings. The van der Waals surface area contributed by atoms with E-state index in [9.17, 15) is 23.6 Å². The van der Waals surface area contributed by atoms with E-state index in [0.29, 0.717) is 36.2 Å². The van der Waals surface area contributed by atoms with Crippen LogP contribution >= 0.6 is 0 Å². The van der Waals surface area contributed by atoms with Gasteiger partial charge >= 0.3 is 5.97 Å². The van der Waals surface area contributed by atoms with Gasteiger partial charge in [0.2, 0.25) is 5.91 Å². The number of piperidine rings is 1. The highest BCUT2D eigenvalue weighted by Crippen LogP contribution is 2.33. The minimum atomic E-state index is -0.830. The van der Waals surface area contributed by atoms with Crippen molar-refractivity contribution in [1.82, 2.24) is 20.1 Å². The normalized spacial score (nSPS) is 23.1. The maximum Gasteiger partial charge on any atom is 0.323 e. The van der Waals surface area contributed by atoms with Gasteiger partial charge in [0.25, 0.3) is 11.8 Å². The summed E-state index contributed by atoms with van der Waals surface area (Å²) in [4.78, 5) is 61.9. The number of nitrogens with zero attached hydrogens (tertiary/aromatic N) is 4. The van der Waals surface area contributed by atoms with Crippen molar-refractivity contribution < 1.29 is 28.3 Å². The summed E-state index contributed by atoms with van der Waals surface area (Å²) >= 11 is 0. The molecular formula is C36H40FN5O5. The summed E-state index contributed by atoms with van der Waals surface area (Å²) in [6, 6.07) is 12.0. The number of benzene rings is 2. The molecule has 0 spiro atoms. The minimum absolute atomic E-state index is 0.0605. The molecule has 1 N–H and O–H groups in total. The van der Waals surface area contributed by atoms with Gasteiger partial charge in [-0.1, -0.05) is 12.5 Å². The van der Waals surface area contributed by atoms with E-state index in [2.05, 4.69) is 10.3 Å². The molecule has 10 nitrogen and oxygen atoms in total. The second-order valence-electron chi connectivity index (χ2n) is 12.9. The fourth-order valence-electron chi connectivity index (χ4n) is 6.75. The average molecular weight is 642 g/mol. The third-order valence-electron chi connectivity index (χ3n) is 9.66. The van der Waals surface area contributed by atoms with Crippen LogP contribution in [0.1, 0.15) is 65.3 Å². The monoisotopic (exact) mass is 641 g/mol. The number of pyridine rings is 1. The lowest BCUT2D eigenvalue weighted by Crippen LogP contribution is -2.47. The van der Waals surface area contributed by atoms with Crippen LogP contribution in [0.25, 0.3) is 11.1 Å². The molecule has 2 atom stereocenters. The van der Waals surface area contributed by atoms with Crippen LogP contribution in [0.4, 0.5) is 10.1 Å². The van der Waals surface area contributed by atoms with Crippen LogP contribution in [0.5, 0.6) is 0 Å². The number of aromatic nitrogens is 1. The van der Waals surface area contributed by atoms with Crippen LogP contribution in [0.15, 0.2) is 60.9 Å². The smallest absolute Gasteiger partial charge is 0.323 e. The number of likely N-dealkylation sites (tertiary alicyclic amines) is 1. The number of halogens is 1. The van der Waals surface area contributed by atoms with Crippen LogP contribution in [-0.2, 0) is 20.9 Å². The summed E-state index contributed by atoms with van der Waals surface area (Å²) in [6.45, 7) is 2.86. The molecule has 0 radical (unpaired) electrons. The number of carbonyl (C=O) groups is 4. The number of fused-ring (bicyclic) bond motifs is 1. The Morgan fingerprint density at radius 3 is 2.51 bits per heavy atom. The summed E-state index contributed by atoms with van der Waals surface area (Å²) in [6.07, 6.45) is 7.47. The molecule has 1 unspecified atom stereocenters. The van der Waals surface area contributed by atoms with Crippen LogP contribution in [0.2, 0.25) is 0 Å². The molecule has 11 heteroatoms. The highest BCUT2D eigenvalue weighted by molar-refractivity contribution is 6.11. The zero-order valence-corrected chi connectivity index (χ0v) is 26.9. The predicted octanol–water partition coefficient (Wildman–Crippen LogP) is 4.43. The third-order valence-corrected chi connectivity index (χ3v) is 9.66. The standard InChI is InChI=1S/C36H40FN5O5/c1-22-34(44)41(3)32-19-26(25-9-11-38-12-10-25)7-8-30(32)35(45)42(22)21-24-14-27(18-28(37)15-24)33(43)39-20-23-16-29(17-23)47-36(46)31-6-4-5-13-40(31)2/h7-12,14-15,18-19,22-23,29,31H,4-6,13,16-17,20-21H2,1-3H3,(H,39,43)/t22-,23?,29?,31?/m1/s1. The van der Waals surface area contributed by atoms with Crippen molar-refractivity contribution in [3.8, 4) is 11.1 Å². The van der Waals surface area contributed by atoms with E-state index < -0.39 is 17.8 Å². The van der Waals surface area contributed by atoms with E-state index in [4.69, 9.17) is 4.74 Å². The molecule has 3 aromatic rings. The fraction of sp³-hybridized carbons (Fsp3) is 0.417. The van der Waals surface area contributed by atoms with Gasteiger partial charge in [-0.25, -0.2) is 4.39 Å². The summed E-state index contributed by atoms with van der Waals surface area (Å²) in [5.41, 5.74) is 3.10. The summed E-state index contributed by atoms with van der Waals surface area (Å²) < 4.78 is 20.5.